The highest BCUT2D eigenvalue weighted by atomic mass is 15.0. The molecule has 0 bridgehead atoms. The van der Waals surface area contributed by atoms with E-state index in [0.717, 1.165) is 41.5 Å². The van der Waals surface area contributed by atoms with Crippen LogP contribution in [0.5, 0.6) is 0 Å². The molecule has 0 amide bonds. The molecule has 1 heterocycles. The van der Waals surface area contributed by atoms with Crippen LogP contribution in [0.15, 0.2) is 204 Å². The van der Waals surface area contributed by atoms with Crippen molar-refractivity contribution in [3.63, 3.8) is 0 Å². The van der Waals surface area contributed by atoms with E-state index >= 15 is 0 Å². The number of aromatic nitrogens is 3. The summed E-state index contributed by atoms with van der Waals surface area (Å²) in [6, 6.07) is 45.8. The lowest BCUT2D eigenvalue weighted by Crippen LogP contribution is -2.27. The van der Waals surface area contributed by atoms with Crippen LogP contribution < -0.4 is 5.73 Å². The van der Waals surface area contributed by atoms with Gasteiger partial charge in [0.1, 0.15) is 11.7 Å². The third kappa shape index (κ3) is 10.3. The number of hydrogen-bond donors (Lipinski definition) is 1. The van der Waals surface area contributed by atoms with E-state index in [-0.39, 0.29) is 5.92 Å². The van der Waals surface area contributed by atoms with Crippen LogP contribution in [0.25, 0.3) is 45.3 Å². The van der Waals surface area contributed by atoms with Gasteiger partial charge < -0.3 is 5.73 Å². The minimum Gasteiger partial charge on any atom is -0.383 e. The number of amidine groups is 2. The first-order valence-corrected chi connectivity index (χ1v) is 23.1. The van der Waals surface area contributed by atoms with Gasteiger partial charge in [-0.1, -0.05) is 190 Å². The second-order valence-electron chi connectivity index (χ2n) is 16.3. The number of hydrogen-bond acceptors (Lipinski definition) is 4. The van der Waals surface area contributed by atoms with Gasteiger partial charge in [-0.3, -0.25) is 4.99 Å². The molecule has 2 aliphatic carbocycles. The fraction of sp³-hybridized carbons (Fsp3) is 0.217. The number of benzene rings is 5. The van der Waals surface area contributed by atoms with Gasteiger partial charge in [-0.15, -0.1) is 13.2 Å². The highest BCUT2D eigenvalue weighted by Gasteiger charge is 2.51. The Morgan fingerprint density at radius 2 is 1.23 bits per heavy atom. The van der Waals surface area contributed by atoms with Crippen LogP contribution in [-0.4, -0.2) is 33.2 Å². The summed E-state index contributed by atoms with van der Waals surface area (Å²) in [5.41, 5.74) is 20.1. The molecule has 0 fully saturated rings. The summed E-state index contributed by atoms with van der Waals surface area (Å²) in [5.74, 6) is 2.96. The van der Waals surface area contributed by atoms with Gasteiger partial charge in [0.05, 0.1) is 5.41 Å². The molecule has 2 atom stereocenters. The van der Waals surface area contributed by atoms with E-state index in [4.69, 9.17) is 30.7 Å². The number of aliphatic imine (C=N–C) groups is 2. The maximum atomic E-state index is 6.56. The third-order valence-electron chi connectivity index (χ3n) is 12.2. The fourth-order valence-corrected chi connectivity index (χ4v) is 8.57. The summed E-state index contributed by atoms with van der Waals surface area (Å²) in [6.45, 7) is 23.0. The second kappa shape index (κ2) is 23.0. The van der Waals surface area contributed by atoms with Crippen molar-refractivity contribution in [3.05, 3.63) is 222 Å². The largest absolute Gasteiger partial charge is 0.383 e. The van der Waals surface area contributed by atoms with E-state index < -0.39 is 5.41 Å². The van der Waals surface area contributed by atoms with Gasteiger partial charge in [-0.25, -0.2) is 19.9 Å². The fourth-order valence-electron chi connectivity index (χ4n) is 8.57. The SMILES string of the molecule is C/C=C\C.C=CCC.C=CCCN=C(N=C(N)c1ccccc1)C(C)/C=C\C1=C(CC)C2(C(C)=C(C)c3ccccc32)c2cc(-c3nc(-c4ccccc4)nc(-c4ccccc4)n3)ccc21. The van der Waals surface area contributed by atoms with Crippen molar-refractivity contribution in [2.24, 2.45) is 21.6 Å². The van der Waals surface area contributed by atoms with E-state index in [1.165, 1.54) is 44.5 Å². The standard InChI is InChI=1S/C52H48N6.2C4H8/c1-6-8-32-54-48(55-47(53)37-20-12-9-13-21-37)34(3)28-30-42-43-31-29-40(33-46(43)52(44(42)7-2)36(5)35(4)41-26-18-19-27-45(41)52)51-57-49(38-22-14-10-15-23-38)56-50(58-51)39-24-16-11-17-25-39;2*1-3-4-2/h6,9-31,33-34H,1,7-8,32H2,2-5H3,(H2,53,54,55);3-4H,1-2H3;3H,1,4H2,2H3/b30-28-;4-3-;. The molecule has 2 unspecified atom stereocenters. The molecule has 6 heteroatoms. The van der Waals surface area contributed by atoms with Crippen molar-refractivity contribution in [3.8, 4) is 34.2 Å². The Balaban J connectivity index is 0.000000834. The number of rotatable bonds is 12. The molecule has 0 saturated carbocycles. The molecule has 334 valence electrons. The second-order valence-corrected chi connectivity index (χ2v) is 16.3. The molecule has 1 spiro atoms. The third-order valence-corrected chi connectivity index (χ3v) is 12.2. The molecule has 5 aromatic carbocycles. The van der Waals surface area contributed by atoms with Gasteiger partial charge in [-0.2, -0.15) is 0 Å². The first kappa shape index (κ1) is 48.2. The van der Waals surface area contributed by atoms with Gasteiger partial charge in [0.2, 0.25) is 0 Å². The lowest BCUT2D eigenvalue weighted by atomic mass is 9.68. The topological polar surface area (TPSA) is 89.4 Å². The van der Waals surface area contributed by atoms with E-state index in [1.807, 2.05) is 129 Å². The molecule has 2 N–H and O–H groups in total. The van der Waals surface area contributed by atoms with E-state index in [9.17, 15) is 0 Å². The van der Waals surface area contributed by atoms with Gasteiger partial charge in [0.25, 0.3) is 0 Å². The van der Waals surface area contributed by atoms with Gasteiger partial charge in [0, 0.05) is 34.7 Å². The molecule has 0 radical (unpaired) electrons. The minimum atomic E-state index is -0.446. The van der Waals surface area contributed by atoms with Crippen molar-refractivity contribution in [2.45, 2.75) is 73.1 Å². The summed E-state index contributed by atoms with van der Waals surface area (Å²) >= 11 is 0. The Morgan fingerprint density at radius 3 is 1.77 bits per heavy atom. The predicted octanol–water partition coefficient (Wildman–Crippen LogP) is 14.9. The zero-order chi connectivity index (χ0) is 47.1. The number of allylic oxidation sites excluding steroid dienone is 8. The first-order valence-electron chi connectivity index (χ1n) is 23.1. The minimum absolute atomic E-state index is 0.107. The maximum absolute atomic E-state index is 6.56. The normalized spacial score (nSPS) is 15.9. The average molecular weight is 869 g/mol. The molecule has 1 aromatic heterocycles. The van der Waals surface area contributed by atoms with Crippen LogP contribution in [0, 0.1) is 5.92 Å². The molecule has 0 aliphatic heterocycles. The maximum Gasteiger partial charge on any atom is 0.164 e. The van der Waals surface area contributed by atoms with Crippen molar-refractivity contribution in [1.82, 2.24) is 15.0 Å². The molecule has 8 rings (SSSR count). The Labute approximate surface area is 393 Å². The molecular weight excluding hydrogens is 805 g/mol. The van der Waals surface area contributed by atoms with Crippen molar-refractivity contribution < 1.29 is 0 Å². The van der Waals surface area contributed by atoms with Crippen LogP contribution in [0.2, 0.25) is 0 Å². The summed E-state index contributed by atoms with van der Waals surface area (Å²) in [7, 11) is 0. The summed E-state index contributed by atoms with van der Waals surface area (Å²) in [6.07, 6.45) is 15.0. The van der Waals surface area contributed by atoms with Crippen LogP contribution in [0.4, 0.5) is 0 Å². The van der Waals surface area contributed by atoms with Crippen molar-refractivity contribution >= 4 is 22.8 Å². The molecular formula is C60H64N6. The Hall–Kier alpha value is -7.31. The zero-order valence-electron chi connectivity index (χ0n) is 39.8. The van der Waals surface area contributed by atoms with E-state index in [0.29, 0.717) is 35.7 Å². The van der Waals surface area contributed by atoms with Crippen LogP contribution in [0.1, 0.15) is 95.5 Å². The number of nitrogens with two attached hydrogens (primary N) is 1. The van der Waals surface area contributed by atoms with Crippen LogP contribution in [0.3, 0.4) is 0 Å². The Bertz CT molecular complexity index is 2750. The first-order chi connectivity index (χ1) is 32.2. The van der Waals surface area contributed by atoms with Crippen molar-refractivity contribution in [2.75, 3.05) is 6.54 Å². The molecule has 6 nitrogen and oxygen atoms in total. The quantitative estimate of drug-likeness (QED) is 0.0574. The monoisotopic (exact) mass is 869 g/mol. The predicted molar refractivity (Wildman–Crippen MR) is 282 cm³/mol. The van der Waals surface area contributed by atoms with Crippen LogP contribution in [-0.2, 0) is 5.41 Å². The Kier molecular flexibility index (Phi) is 16.8. The smallest absolute Gasteiger partial charge is 0.164 e. The summed E-state index contributed by atoms with van der Waals surface area (Å²) in [4.78, 5) is 25.0. The van der Waals surface area contributed by atoms with Gasteiger partial charge in [0.15, 0.2) is 17.5 Å². The van der Waals surface area contributed by atoms with E-state index in [2.05, 4.69) is 102 Å². The van der Waals surface area contributed by atoms with Crippen molar-refractivity contribution in [1.29, 1.82) is 0 Å². The van der Waals surface area contributed by atoms with E-state index in [1.54, 1.807) is 0 Å². The van der Waals surface area contributed by atoms with Crippen LogP contribution >= 0.6 is 0 Å². The molecule has 0 saturated heterocycles. The zero-order valence-corrected chi connectivity index (χ0v) is 39.8. The molecule has 6 aromatic rings. The number of fused-ring (bicyclic) bond motifs is 4. The molecule has 2 aliphatic rings. The Morgan fingerprint density at radius 1 is 0.682 bits per heavy atom. The summed E-state index contributed by atoms with van der Waals surface area (Å²) in [5, 5.41) is 0. The molecule has 66 heavy (non-hydrogen) atoms. The summed E-state index contributed by atoms with van der Waals surface area (Å²) < 4.78 is 0. The lowest BCUT2D eigenvalue weighted by Gasteiger charge is -2.33. The lowest BCUT2D eigenvalue weighted by molar-refractivity contribution is 0.711. The number of nitrogens with zero attached hydrogens (tertiary/aromatic N) is 5. The average Bonchev–Trinajstić information content (AvgIpc) is 3.79. The van der Waals surface area contributed by atoms with Gasteiger partial charge in [-0.05, 0) is 92.0 Å². The van der Waals surface area contributed by atoms with Gasteiger partial charge >= 0.3 is 0 Å². The highest BCUT2D eigenvalue weighted by molar-refractivity contribution is 6.06. The highest BCUT2D eigenvalue weighted by Crippen LogP contribution is 2.61.